The number of aromatic nitrogens is 3. The van der Waals surface area contributed by atoms with Gasteiger partial charge >= 0.3 is 0 Å². The summed E-state index contributed by atoms with van der Waals surface area (Å²) >= 11 is 0. The van der Waals surface area contributed by atoms with Gasteiger partial charge < -0.3 is 0 Å². The molecule has 3 nitrogen and oxygen atoms in total. The van der Waals surface area contributed by atoms with Crippen LogP contribution in [0.4, 0.5) is 0 Å². The summed E-state index contributed by atoms with van der Waals surface area (Å²) in [5.41, 5.74) is 4.90. The Bertz CT molecular complexity index is 2420. The van der Waals surface area contributed by atoms with Crippen LogP contribution in [-0.2, 0) is 0 Å². The average Bonchev–Trinajstić information content (AvgIpc) is 3.09. The third-order valence-corrected chi connectivity index (χ3v) is 9.18. The van der Waals surface area contributed by atoms with E-state index >= 15 is 0 Å². The highest BCUT2D eigenvalue weighted by molar-refractivity contribution is 6.25. The van der Waals surface area contributed by atoms with E-state index in [0.717, 1.165) is 28.1 Å². The standard InChI is InChI=1S/C41H23N3/c1-3-24-7-11-29-19-33(20-30-12-8-25(4-1)37(24)39(29)30)35-23-36(44-41(43-35)28-15-17-42-18-16-28)34-21-31-13-9-26-5-2-6-27-10-14-32(22-34)40(31)38(26)27/h1-23H. The van der Waals surface area contributed by atoms with Gasteiger partial charge in [-0.3, -0.25) is 4.98 Å². The van der Waals surface area contributed by atoms with Gasteiger partial charge in [-0.15, -0.1) is 0 Å². The first kappa shape index (κ1) is 23.6. The minimum absolute atomic E-state index is 0.690. The molecule has 0 aliphatic heterocycles. The first-order valence-corrected chi connectivity index (χ1v) is 14.9. The first-order valence-electron chi connectivity index (χ1n) is 14.9. The topological polar surface area (TPSA) is 38.7 Å². The van der Waals surface area contributed by atoms with Gasteiger partial charge in [-0.1, -0.05) is 84.9 Å². The summed E-state index contributed by atoms with van der Waals surface area (Å²) in [5.74, 6) is 0.690. The number of hydrogen-bond donors (Lipinski definition) is 0. The highest BCUT2D eigenvalue weighted by Gasteiger charge is 2.16. The SMILES string of the molecule is c1cc2ccc3cc(-c4cc(-c5cc6ccc7cccc8ccc(c5)c6c78)nc(-c5ccncc5)n4)cc4ccc(c1)c2c34. The van der Waals surface area contributed by atoms with Crippen molar-refractivity contribution in [3.8, 4) is 33.9 Å². The van der Waals surface area contributed by atoms with E-state index in [1.54, 1.807) is 12.4 Å². The van der Waals surface area contributed by atoms with E-state index < -0.39 is 0 Å². The van der Waals surface area contributed by atoms with Crippen LogP contribution in [0.25, 0.3) is 98.5 Å². The molecule has 0 radical (unpaired) electrons. The number of rotatable bonds is 3. The van der Waals surface area contributed by atoms with E-state index in [1.807, 2.05) is 12.1 Å². The van der Waals surface area contributed by atoms with E-state index in [1.165, 1.54) is 64.6 Å². The minimum Gasteiger partial charge on any atom is -0.265 e. The fourth-order valence-corrected chi connectivity index (χ4v) is 7.18. The molecule has 0 aliphatic rings. The van der Waals surface area contributed by atoms with E-state index in [4.69, 9.17) is 9.97 Å². The zero-order valence-electron chi connectivity index (χ0n) is 23.6. The normalized spacial score (nSPS) is 12.1. The maximum Gasteiger partial charge on any atom is 0.160 e. The Labute approximate surface area is 252 Å². The lowest BCUT2D eigenvalue weighted by molar-refractivity contribution is 1.18. The van der Waals surface area contributed by atoms with Gasteiger partial charge in [0.25, 0.3) is 0 Å². The van der Waals surface area contributed by atoms with Crippen LogP contribution in [-0.4, -0.2) is 15.0 Å². The maximum absolute atomic E-state index is 5.14. The largest absolute Gasteiger partial charge is 0.265 e. The number of pyridine rings is 1. The molecule has 0 saturated carbocycles. The second-order valence-corrected chi connectivity index (χ2v) is 11.7. The molecule has 0 aliphatic carbocycles. The zero-order chi connectivity index (χ0) is 28.8. The molecule has 0 N–H and O–H groups in total. The Morgan fingerprint density at radius 3 is 1.09 bits per heavy atom. The third kappa shape index (κ3) is 3.41. The van der Waals surface area contributed by atoms with Gasteiger partial charge in [0, 0.05) is 29.1 Å². The van der Waals surface area contributed by atoms with Gasteiger partial charge in [0.15, 0.2) is 5.82 Å². The molecule has 2 heterocycles. The molecule has 0 fully saturated rings. The summed E-state index contributed by atoms with van der Waals surface area (Å²) in [4.78, 5) is 14.5. The summed E-state index contributed by atoms with van der Waals surface area (Å²) < 4.78 is 0. The Morgan fingerprint density at radius 1 is 0.318 bits per heavy atom. The summed E-state index contributed by atoms with van der Waals surface area (Å²) in [6, 6.07) is 46.1. The van der Waals surface area contributed by atoms with Crippen molar-refractivity contribution in [3.63, 3.8) is 0 Å². The number of benzene rings is 8. The molecule has 2 aromatic heterocycles. The van der Waals surface area contributed by atoms with Crippen molar-refractivity contribution in [2.45, 2.75) is 0 Å². The molecule has 8 aromatic carbocycles. The second-order valence-electron chi connectivity index (χ2n) is 11.7. The molecular formula is C41H23N3. The van der Waals surface area contributed by atoms with Gasteiger partial charge in [0.05, 0.1) is 11.4 Å². The first-order chi connectivity index (χ1) is 21.8. The van der Waals surface area contributed by atoms with Crippen molar-refractivity contribution >= 4 is 64.6 Å². The Hall–Kier alpha value is -5.93. The summed E-state index contributed by atoms with van der Waals surface area (Å²) in [6.45, 7) is 0. The van der Waals surface area contributed by atoms with Gasteiger partial charge in [-0.2, -0.15) is 0 Å². The van der Waals surface area contributed by atoms with E-state index in [9.17, 15) is 0 Å². The molecule has 0 spiro atoms. The van der Waals surface area contributed by atoms with Crippen molar-refractivity contribution < 1.29 is 0 Å². The van der Waals surface area contributed by atoms with Crippen LogP contribution in [0.1, 0.15) is 0 Å². The van der Waals surface area contributed by atoms with Gasteiger partial charge in [-0.05, 0) is 107 Å². The van der Waals surface area contributed by atoms with Crippen molar-refractivity contribution in [1.29, 1.82) is 0 Å². The fraction of sp³-hybridized carbons (Fsp3) is 0. The molecular weight excluding hydrogens is 534 g/mol. The zero-order valence-corrected chi connectivity index (χ0v) is 23.6. The molecule has 0 amide bonds. The van der Waals surface area contributed by atoms with Gasteiger partial charge in [0.1, 0.15) is 0 Å². The molecule has 10 aromatic rings. The Kier molecular flexibility index (Phi) is 4.72. The van der Waals surface area contributed by atoms with Crippen LogP contribution in [0, 0.1) is 0 Å². The highest BCUT2D eigenvalue weighted by atomic mass is 14.9. The maximum atomic E-state index is 5.14. The van der Waals surface area contributed by atoms with E-state index in [2.05, 4.69) is 120 Å². The van der Waals surface area contributed by atoms with E-state index in [-0.39, 0.29) is 0 Å². The average molecular weight is 558 g/mol. The monoisotopic (exact) mass is 557 g/mol. The highest BCUT2D eigenvalue weighted by Crippen LogP contribution is 2.40. The quantitative estimate of drug-likeness (QED) is 0.203. The Balaban J connectivity index is 1.23. The fourth-order valence-electron chi connectivity index (χ4n) is 7.18. The lowest BCUT2D eigenvalue weighted by atomic mass is 9.91. The van der Waals surface area contributed by atoms with Crippen LogP contribution in [0.3, 0.4) is 0 Å². The van der Waals surface area contributed by atoms with Crippen LogP contribution < -0.4 is 0 Å². The predicted octanol–water partition coefficient (Wildman–Crippen LogP) is 10.7. The number of nitrogens with zero attached hydrogens (tertiary/aromatic N) is 3. The second kappa shape index (κ2) is 8.79. The van der Waals surface area contributed by atoms with Crippen LogP contribution in [0.15, 0.2) is 140 Å². The molecule has 0 unspecified atom stereocenters. The van der Waals surface area contributed by atoms with Crippen molar-refractivity contribution in [1.82, 2.24) is 15.0 Å². The Morgan fingerprint density at radius 2 is 0.682 bits per heavy atom. The third-order valence-electron chi connectivity index (χ3n) is 9.18. The van der Waals surface area contributed by atoms with Gasteiger partial charge in [0.2, 0.25) is 0 Å². The predicted molar refractivity (Wildman–Crippen MR) is 184 cm³/mol. The van der Waals surface area contributed by atoms with Crippen LogP contribution >= 0.6 is 0 Å². The lowest BCUT2D eigenvalue weighted by Gasteiger charge is -2.15. The molecule has 202 valence electrons. The van der Waals surface area contributed by atoms with Crippen LogP contribution in [0.5, 0.6) is 0 Å². The summed E-state index contributed by atoms with van der Waals surface area (Å²) in [7, 11) is 0. The number of hydrogen-bond acceptors (Lipinski definition) is 3. The van der Waals surface area contributed by atoms with Crippen LogP contribution in [0.2, 0.25) is 0 Å². The lowest BCUT2D eigenvalue weighted by Crippen LogP contribution is -1.97. The summed E-state index contributed by atoms with van der Waals surface area (Å²) in [5, 5.41) is 15.2. The molecule has 44 heavy (non-hydrogen) atoms. The van der Waals surface area contributed by atoms with Crippen molar-refractivity contribution in [2.24, 2.45) is 0 Å². The van der Waals surface area contributed by atoms with Gasteiger partial charge in [-0.25, -0.2) is 9.97 Å². The molecule has 3 heteroatoms. The van der Waals surface area contributed by atoms with Crippen molar-refractivity contribution in [2.75, 3.05) is 0 Å². The summed E-state index contributed by atoms with van der Waals surface area (Å²) in [6.07, 6.45) is 3.60. The van der Waals surface area contributed by atoms with Crippen molar-refractivity contribution in [3.05, 3.63) is 140 Å². The smallest absolute Gasteiger partial charge is 0.160 e. The molecule has 0 atom stereocenters. The van der Waals surface area contributed by atoms with E-state index in [0.29, 0.717) is 5.82 Å². The minimum atomic E-state index is 0.690. The molecule has 10 rings (SSSR count). The molecule has 0 saturated heterocycles. The molecule has 0 bridgehead atoms.